The number of esters is 3. The summed E-state index contributed by atoms with van der Waals surface area (Å²) in [5.41, 5.74) is 0.266. The maximum Gasteiger partial charge on any atom is 0.501 e. The number of ether oxygens (including phenoxy) is 3. The molecule has 0 bridgehead atoms. The summed E-state index contributed by atoms with van der Waals surface area (Å²) in [6.07, 6.45) is 0.342. The van der Waals surface area contributed by atoms with Gasteiger partial charge in [0.15, 0.2) is 0 Å². The maximum absolute atomic E-state index is 11.8. The molecule has 0 aromatic rings. The van der Waals surface area contributed by atoms with Crippen LogP contribution in [-0.2, 0) is 41.9 Å². The highest BCUT2D eigenvalue weighted by atomic mass is 28.4. The Kier molecular flexibility index (Phi) is 15.1. The van der Waals surface area contributed by atoms with Crippen molar-refractivity contribution in [2.24, 2.45) is 0 Å². The molecule has 0 fully saturated rings. The van der Waals surface area contributed by atoms with Gasteiger partial charge in [-0.3, -0.25) is 9.59 Å². The smallest absolute Gasteiger partial charge is 0.466 e. The second-order valence-corrected chi connectivity index (χ2v) is 8.67. The fourth-order valence-electron chi connectivity index (χ4n) is 2.24. The molecule has 0 spiro atoms. The first-order valence-electron chi connectivity index (χ1n) is 9.85. The Morgan fingerprint density at radius 1 is 0.759 bits per heavy atom. The third-order valence-electron chi connectivity index (χ3n) is 3.44. The zero-order chi connectivity index (χ0) is 22.1. The van der Waals surface area contributed by atoms with Gasteiger partial charge in [-0.05, 0) is 34.1 Å². The van der Waals surface area contributed by atoms with Crippen molar-refractivity contribution in [2.45, 2.75) is 53.0 Å². The van der Waals surface area contributed by atoms with E-state index in [4.69, 9.17) is 27.5 Å². The number of hydrogen-bond donors (Lipinski definition) is 0. The first-order valence-corrected chi connectivity index (χ1v) is 11.8. The molecule has 0 amide bonds. The molecule has 29 heavy (non-hydrogen) atoms. The van der Waals surface area contributed by atoms with Crippen molar-refractivity contribution in [3.05, 3.63) is 12.2 Å². The normalized spacial score (nSPS) is 11.0. The summed E-state index contributed by atoms with van der Waals surface area (Å²) in [4.78, 5) is 34.5. The zero-order valence-electron chi connectivity index (χ0n) is 18.0. The summed E-state index contributed by atoms with van der Waals surface area (Å²) in [7, 11) is -2.74. The molecule has 0 heterocycles. The van der Waals surface area contributed by atoms with E-state index >= 15 is 0 Å². The van der Waals surface area contributed by atoms with Crippen LogP contribution in [0.4, 0.5) is 0 Å². The van der Waals surface area contributed by atoms with E-state index in [-0.39, 0.29) is 38.2 Å². The van der Waals surface area contributed by atoms with Crippen LogP contribution in [0.15, 0.2) is 12.2 Å². The van der Waals surface area contributed by atoms with E-state index in [1.165, 1.54) is 6.92 Å². The van der Waals surface area contributed by atoms with Gasteiger partial charge in [-0.2, -0.15) is 0 Å². The third-order valence-corrected chi connectivity index (χ3v) is 6.60. The molecule has 0 aromatic carbocycles. The van der Waals surface area contributed by atoms with Gasteiger partial charge < -0.3 is 27.5 Å². The Balaban J connectivity index is 4.01. The van der Waals surface area contributed by atoms with Gasteiger partial charge in [-0.1, -0.05) is 6.58 Å². The van der Waals surface area contributed by atoms with Crippen molar-refractivity contribution in [1.29, 1.82) is 0 Å². The Morgan fingerprint density at radius 2 is 1.21 bits per heavy atom. The highest BCUT2D eigenvalue weighted by molar-refractivity contribution is 6.60. The Bertz CT molecular complexity index is 505. The van der Waals surface area contributed by atoms with E-state index in [1.807, 2.05) is 20.8 Å². The molecule has 0 saturated carbocycles. The minimum Gasteiger partial charge on any atom is -0.466 e. The molecule has 0 N–H and O–H groups in total. The standard InChI is InChI=1S/C19H34O9Si/c1-6-26-29(27-7-2,28-8-3)15-9-12-23-17(20)10-11-18(21)24-13-14-25-19(22)16(4)5/h4,6-15H2,1-3,5H3. The van der Waals surface area contributed by atoms with Crippen LogP contribution in [-0.4, -0.2) is 66.4 Å². The molecule has 0 saturated heterocycles. The quantitative estimate of drug-likeness (QED) is 0.112. The molecule has 0 aliphatic heterocycles. The van der Waals surface area contributed by atoms with Crippen LogP contribution >= 0.6 is 0 Å². The van der Waals surface area contributed by atoms with E-state index in [0.29, 0.717) is 32.3 Å². The van der Waals surface area contributed by atoms with Gasteiger partial charge in [0.2, 0.25) is 0 Å². The monoisotopic (exact) mass is 434 g/mol. The molecule has 0 radical (unpaired) electrons. The first-order chi connectivity index (χ1) is 13.8. The van der Waals surface area contributed by atoms with Gasteiger partial charge in [-0.15, -0.1) is 0 Å². The lowest BCUT2D eigenvalue weighted by molar-refractivity contribution is -0.153. The topological polar surface area (TPSA) is 107 Å². The fourth-order valence-corrected chi connectivity index (χ4v) is 4.82. The number of carbonyl (C=O) groups is 3. The van der Waals surface area contributed by atoms with Crippen molar-refractivity contribution in [2.75, 3.05) is 39.6 Å². The minimum atomic E-state index is -2.74. The second kappa shape index (κ2) is 16.1. The van der Waals surface area contributed by atoms with E-state index in [0.717, 1.165) is 0 Å². The van der Waals surface area contributed by atoms with Crippen LogP contribution in [0.2, 0.25) is 6.04 Å². The molecule has 168 valence electrons. The first kappa shape index (κ1) is 27.2. The number of carbonyl (C=O) groups excluding carboxylic acids is 3. The van der Waals surface area contributed by atoms with Gasteiger partial charge in [0.05, 0.1) is 19.4 Å². The van der Waals surface area contributed by atoms with E-state index in [1.54, 1.807) is 0 Å². The largest absolute Gasteiger partial charge is 0.501 e. The zero-order valence-corrected chi connectivity index (χ0v) is 19.0. The van der Waals surface area contributed by atoms with Crippen LogP contribution in [0.1, 0.15) is 47.0 Å². The average Bonchev–Trinajstić information content (AvgIpc) is 2.67. The molecule has 0 aromatic heterocycles. The van der Waals surface area contributed by atoms with Gasteiger partial charge in [0, 0.05) is 31.4 Å². The highest BCUT2D eigenvalue weighted by Crippen LogP contribution is 2.18. The molecular weight excluding hydrogens is 400 g/mol. The van der Waals surface area contributed by atoms with Crippen molar-refractivity contribution < 1.29 is 41.9 Å². The summed E-state index contributed by atoms with van der Waals surface area (Å²) in [5, 5.41) is 0. The van der Waals surface area contributed by atoms with Crippen molar-refractivity contribution in [3.63, 3.8) is 0 Å². The van der Waals surface area contributed by atoms with Crippen LogP contribution in [0.25, 0.3) is 0 Å². The van der Waals surface area contributed by atoms with Gasteiger partial charge in [0.25, 0.3) is 0 Å². The molecule has 0 unspecified atom stereocenters. The summed E-state index contributed by atoms with van der Waals surface area (Å²) < 4.78 is 32.0. The lowest BCUT2D eigenvalue weighted by Crippen LogP contribution is -2.46. The highest BCUT2D eigenvalue weighted by Gasteiger charge is 2.39. The lowest BCUT2D eigenvalue weighted by atomic mass is 10.3. The predicted molar refractivity (Wildman–Crippen MR) is 107 cm³/mol. The molecule has 10 heteroatoms. The summed E-state index contributed by atoms with van der Waals surface area (Å²) in [5.74, 6) is -1.61. The molecule has 0 atom stereocenters. The number of rotatable bonds is 17. The van der Waals surface area contributed by atoms with E-state index in [2.05, 4.69) is 6.58 Å². The van der Waals surface area contributed by atoms with Crippen LogP contribution in [0.3, 0.4) is 0 Å². The van der Waals surface area contributed by atoms with E-state index < -0.39 is 26.7 Å². The van der Waals surface area contributed by atoms with Gasteiger partial charge in [-0.25, -0.2) is 4.79 Å². The molecule has 9 nitrogen and oxygen atoms in total. The maximum atomic E-state index is 11.8. The molecular formula is C19H34O9Si. The third kappa shape index (κ3) is 13.2. The van der Waals surface area contributed by atoms with Crippen molar-refractivity contribution >= 4 is 26.7 Å². The van der Waals surface area contributed by atoms with Crippen LogP contribution in [0, 0.1) is 0 Å². The fraction of sp³-hybridized carbons (Fsp3) is 0.737. The molecule has 0 aliphatic rings. The summed E-state index contributed by atoms with van der Waals surface area (Å²) in [6.45, 7) is 12.1. The second-order valence-electron chi connectivity index (χ2n) is 5.94. The Hall–Kier alpha value is -1.75. The van der Waals surface area contributed by atoms with Gasteiger partial charge >= 0.3 is 26.7 Å². The molecule has 0 aliphatic carbocycles. The van der Waals surface area contributed by atoms with Crippen molar-refractivity contribution in [3.8, 4) is 0 Å². The predicted octanol–water partition coefficient (Wildman–Crippen LogP) is 2.41. The van der Waals surface area contributed by atoms with Crippen molar-refractivity contribution in [1.82, 2.24) is 0 Å². The van der Waals surface area contributed by atoms with Gasteiger partial charge in [0.1, 0.15) is 13.2 Å². The molecule has 0 rings (SSSR count). The Labute approximate surface area is 174 Å². The SMILES string of the molecule is C=C(C)C(=O)OCCOC(=O)CCC(=O)OCCC[Si](OCC)(OCC)OCC. The van der Waals surface area contributed by atoms with E-state index in [9.17, 15) is 14.4 Å². The average molecular weight is 435 g/mol. The number of hydrogen-bond acceptors (Lipinski definition) is 9. The summed E-state index contributed by atoms with van der Waals surface area (Å²) in [6, 6.07) is 0.542. The lowest BCUT2D eigenvalue weighted by Gasteiger charge is -2.28. The minimum absolute atomic E-state index is 0.0625. The summed E-state index contributed by atoms with van der Waals surface area (Å²) >= 11 is 0. The van der Waals surface area contributed by atoms with Crippen LogP contribution in [0.5, 0.6) is 0 Å². The van der Waals surface area contributed by atoms with Crippen LogP contribution < -0.4 is 0 Å². The Morgan fingerprint density at radius 3 is 1.66 bits per heavy atom.